The van der Waals surface area contributed by atoms with Crippen molar-refractivity contribution in [2.24, 2.45) is 0 Å². The van der Waals surface area contributed by atoms with E-state index in [0.29, 0.717) is 5.56 Å². The lowest BCUT2D eigenvalue weighted by Gasteiger charge is -2.10. The maximum absolute atomic E-state index is 12.5. The van der Waals surface area contributed by atoms with Crippen LogP contribution in [-0.2, 0) is 0 Å². The lowest BCUT2D eigenvalue weighted by Crippen LogP contribution is -2.14. The van der Waals surface area contributed by atoms with Crippen molar-refractivity contribution in [3.8, 4) is 11.3 Å². The fourth-order valence-corrected chi connectivity index (χ4v) is 2.93. The zero-order valence-corrected chi connectivity index (χ0v) is 14.4. The van der Waals surface area contributed by atoms with E-state index in [-0.39, 0.29) is 5.91 Å². The van der Waals surface area contributed by atoms with Gasteiger partial charge in [0.2, 0.25) is 0 Å². The third-order valence-corrected chi connectivity index (χ3v) is 4.45. The molecule has 0 atom stereocenters. The number of aromatic nitrogens is 1. The molecule has 0 bridgehead atoms. The Morgan fingerprint density at radius 1 is 1.00 bits per heavy atom. The first-order chi connectivity index (χ1) is 11.7. The van der Waals surface area contributed by atoms with Gasteiger partial charge >= 0.3 is 0 Å². The predicted octanol–water partition coefficient (Wildman–Crippen LogP) is 5.03. The average Bonchev–Trinajstić information content (AvgIpc) is 2.62. The molecular weight excluding hydrogens is 316 g/mol. The zero-order valence-electron chi connectivity index (χ0n) is 13.6. The average molecular weight is 334 g/mol. The van der Waals surface area contributed by atoms with Crippen LogP contribution in [0, 0.1) is 6.92 Å². The molecule has 0 saturated heterocycles. The molecule has 24 heavy (non-hydrogen) atoms. The van der Waals surface area contributed by atoms with Gasteiger partial charge in [-0.25, -0.2) is 0 Å². The molecule has 0 aliphatic heterocycles. The van der Waals surface area contributed by atoms with Gasteiger partial charge in [0.1, 0.15) is 0 Å². The number of thioether (sulfide) groups is 1. The molecule has 0 fully saturated rings. The molecule has 4 heteroatoms. The first kappa shape index (κ1) is 16.3. The number of nitrogens with zero attached hydrogens (tertiary/aromatic N) is 1. The van der Waals surface area contributed by atoms with E-state index in [1.165, 1.54) is 0 Å². The molecule has 3 rings (SSSR count). The molecule has 1 N–H and O–H groups in total. The van der Waals surface area contributed by atoms with Crippen molar-refractivity contribution in [1.82, 2.24) is 4.98 Å². The standard InChI is InChI=1S/C20H18N2OS/c1-14-18(11-12-19(21-14)15-7-4-3-5-8-15)20(23)22-16-9-6-10-17(13-16)24-2/h3-13H,1-2H3,(H,22,23). The summed E-state index contributed by atoms with van der Waals surface area (Å²) in [5.41, 5.74) is 4.01. The number of nitrogens with one attached hydrogen (secondary N) is 1. The molecule has 3 aromatic rings. The third-order valence-electron chi connectivity index (χ3n) is 3.73. The van der Waals surface area contributed by atoms with Crippen molar-refractivity contribution >= 4 is 23.4 Å². The molecule has 3 nitrogen and oxygen atoms in total. The van der Waals surface area contributed by atoms with Gasteiger partial charge in [0.25, 0.3) is 5.91 Å². The van der Waals surface area contributed by atoms with Crippen LogP contribution in [0.15, 0.2) is 71.6 Å². The monoisotopic (exact) mass is 334 g/mol. The van der Waals surface area contributed by atoms with Crippen molar-refractivity contribution in [2.45, 2.75) is 11.8 Å². The van der Waals surface area contributed by atoms with Crippen LogP contribution in [0.5, 0.6) is 0 Å². The molecule has 1 heterocycles. The topological polar surface area (TPSA) is 42.0 Å². The third kappa shape index (κ3) is 3.66. The Hall–Kier alpha value is -2.59. The van der Waals surface area contributed by atoms with Gasteiger partial charge in [-0.05, 0) is 43.5 Å². The Bertz CT molecular complexity index is 863. The van der Waals surface area contributed by atoms with E-state index in [4.69, 9.17) is 0 Å². The number of benzene rings is 2. The van der Waals surface area contributed by atoms with Crippen LogP contribution in [0.25, 0.3) is 11.3 Å². The molecule has 0 aliphatic carbocycles. The van der Waals surface area contributed by atoms with Crippen molar-refractivity contribution in [3.05, 3.63) is 78.0 Å². The summed E-state index contributed by atoms with van der Waals surface area (Å²) < 4.78 is 0. The lowest BCUT2D eigenvalue weighted by molar-refractivity contribution is 0.102. The van der Waals surface area contributed by atoms with Crippen molar-refractivity contribution < 1.29 is 4.79 Å². The SMILES string of the molecule is CSc1cccc(NC(=O)c2ccc(-c3ccccc3)nc2C)c1. The Morgan fingerprint density at radius 2 is 1.79 bits per heavy atom. The minimum Gasteiger partial charge on any atom is -0.322 e. The lowest BCUT2D eigenvalue weighted by atomic mass is 10.1. The summed E-state index contributed by atoms with van der Waals surface area (Å²) in [7, 11) is 0. The van der Waals surface area contributed by atoms with Crippen LogP contribution in [0.3, 0.4) is 0 Å². The van der Waals surface area contributed by atoms with Crippen molar-refractivity contribution in [3.63, 3.8) is 0 Å². The van der Waals surface area contributed by atoms with Crippen LogP contribution < -0.4 is 5.32 Å². The molecule has 1 aromatic heterocycles. The van der Waals surface area contributed by atoms with Crippen molar-refractivity contribution in [1.29, 1.82) is 0 Å². The summed E-state index contributed by atoms with van der Waals surface area (Å²) in [6, 6.07) is 21.5. The number of hydrogen-bond donors (Lipinski definition) is 1. The molecular formula is C20H18N2OS. The number of aryl methyl sites for hydroxylation is 1. The summed E-state index contributed by atoms with van der Waals surface area (Å²) in [6.45, 7) is 1.86. The molecule has 0 aliphatic rings. The van der Waals surface area contributed by atoms with Crippen LogP contribution >= 0.6 is 11.8 Å². The highest BCUT2D eigenvalue weighted by Gasteiger charge is 2.12. The van der Waals surface area contributed by atoms with E-state index in [0.717, 1.165) is 27.5 Å². The molecule has 0 saturated carbocycles. The van der Waals surface area contributed by atoms with Crippen LogP contribution in [-0.4, -0.2) is 17.1 Å². The number of pyridine rings is 1. The quantitative estimate of drug-likeness (QED) is 0.680. The fourth-order valence-electron chi connectivity index (χ4n) is 2.47. The molecule has 2 aromatic carbocycles. The predicted molar refractivity (Wildman–Crippen MR) is 101 cm³/mol. The smallest absolute Gasteiger partial charge is 0.257 e. The minimum atomic E-state index is -0.141. The van der Waals surface area contributed by atoms with E-state index < -0.39 is 0 Å². The minimum absolute atomic E-state index is 0.141. The van der Waals surface area contributed by atoms with Gasteiger partial charge in [0.05, 0.1) is 17.0 Å². The summed E-state index contributed by atoms with van der Waals surface area (Å²) in [5, 5.41) is 2.94. The van der Waals surface area contributed by atoms with Gasteiger partial charge in [0, 0.05) is 16.1 Å². The summed E-state index contributed by atoms with van der Waals surface area (Å²) >= 11 is 1.64. The highest BCUT2D eigenvalue weighted by molar-refractivity contribution is 7.98. The first-order valence-electron chi connectivity index (χ1n) is 7.66. The second-order valence-electron chi connectivity index (χ2n) is 5.38. The number of hydrogen-bond acceptors (Lipinski definition) is 3. The van der Waals surface area contributed by atoms with Gasteiger partial charge in [0.15, 0.2) is 0 Å². The number of anilines is 1. The highest BCUT2D eigenvalue weighted by Crippen LogP contribution is 2.21. The van der Waals surface area contributed by atoms with Gasteiger partial charge in [-0.15, -0.1) is 11.8 Å². The van der Waals surface area contributed by atoms with Crippen molar-refractivity contribution in [2.75, 3.05) is 11.6 Å². The van der Waals surface area contributed by atoms with E-state index in [1.54, 1.807) is 11.8 Å². The Balaban J connectivity index is 1.82. The Labute approximate surface area is 146 Å². The van der Waals surface area contributed by atoms with Gasteiger partial charge in [-0.3, -0.25) is 9.78 Å². The molecule has 0 unspecified atom stereocenters. The van der Waals surface area contributed by atoms with Crippen LogP contribution in [0.2, 0.25) is 0 Å². The highest BCUT2D eigenvalue weighted by atomic mass is 32.2. The first-order valence-corrected chi connectivity index (χ1v) is 8.88. The molecule has 0 radical (unpaired) electrons. The summed E-state index contributed by atoms with van der Waals surface area (Å²) in [4.78, 5) is 18.2. The van der Waals surface area contributed by atoms with Gasteiger partial charge in [-0.2, -0.15) is 0 Å². The molecule has 120 valence electrons. The normalized spacial score (nSPS) is 10.4. The van der Waals surface area contributed by atoms with Gasteiger partial charge < -0.3 is 5.32 Å². The number of amides is 1. The van der Waals surface area contributed by atoms with Crippen LogP contribution in [0.1, 0.15) is 16.1 Å². The largest absolute Gasteiger partial charge is 0.322 e. The maximum atomic E-state index is 12.5. The zero-order chi connectivity index (χ0) is 16.9. The number of carbonyl (C=O) groups excluding carboxylic acids is 1. The van der Waals surface area contributed by atoms with E-state index in [9.17, 15) is 4.79 Å². The number of carbonyl (C=O) groups is 1. The van der Waals surface area contributed by atoms with E-state index in [1.807, 2.05) is 79.9 Å². The summed E-state index contributed by atoms with van der Waals surface area (Å²) in [5.74, 6) is -0.141. The van der Waals surface area contributed by atoms with Crippen LogP contribution in [0.4, 0.5) is 5.69 Å². The van der Waals surface area contributed by atoms with E-state index in [2.05, 4.69) is 10.3 Å². The number of rotatable bonds is 4. The maximum Gasteiger partial charge on any atom is 0.257 e. The second-order valence-corrected chi connectivity index (χ2v) is 6.26. The van der Waals surface area contributed by atoms with E-state index >= 15 is 0 Å². The Morgan fingerprint density at radius 3 is 2.50 bits per heavy atom. The molecule has 0 spiro atoms. The Kier molecular flexibility index (Phi) is 4.96. The van der Waals surface area contributed by atoms with Gasteiger partial charge in [-0.1, -0.05) is 36.4 Å². The summed E-state index contributed by atoms with van der Waals surface area (Å²) in [6.07, 6.45) is 2.01. The second kappa shape index (κ2) is 7.32. The molecule has 1 amide bonds. The fraction of sp³-hybridized carbons (Fsp3) is 0.100.